The fraction of sp³-hybridized carbons (Fsp3) is 0.400. The molecular formula is C15H19N5O2. The van der Waals surface area contributed by atoms with Gasteiger partial charge in [0.15, 0.2) is 0 Å². The van der Waals surface area contributed by atoms with Gasteiger partial charge in [-0.3, -0.25) is 4.79 Å². The zero-order chi connectivity index (χ0) is 15.5. The van der Waals surface area contributed by atoms with E-state index in [2.05, 4.69) is 20.3 Å². The number of aliphatic hydroxyl groups excluding tert-OH is 1. The van der Waals surface area contributed by atoms with Gasteiger partial charge in [-0.05, 0) is 25.5 Å². The van der Waals surface area contributed by atoms with Crippen LogP contribution >= 0.6 is 0 Å². The van der Waals surface area contributed by atoms with E-state index in [1.807, 2.05) is 13.0 Å². The van der Waals surface area contributed by atoms with Gasteiger partial charge in [-0.2, -0.15) is 0 Å². The molecule has 1 aliphatic heterocycles. The molecule has 0 radical (unpaired) electrons. The van der Waals surface area contributed by atoms with Gasteiger partial charge in [0.1, 0.15) is 17.8 Å². The topological polar surface area (TPSA) is 94.1 Å². The minimum atomic E-state index is -0.515. The van der Waals surface area contributed by atoms with Crippen LogP contribution in [0.5, 0.6) is 0 Å². The average molecular weight is 301 g/mol. The number of aromatic amines is 1. The summed E-state index contributed by atoms with van der Waals surface area (Å²) in [6.07, 6.45) is 6.57. The van der Waals surface area contributed by atoms with E-state index in [9.17, 15) is 9.90 Å². The van der Waals surface area contributed by atoms with Gasteiger partial charge in [-0.15, -0.1) is 0 Å². The number of nitrogens with one attached hydrogen (secondary N) is 2. The van der Waals surface area contributed by atoms with Crippen molar-refractivity contribution >= 4 is 22.8 Å². The zero-order valence-electron chi connectivity index (χ0n) is 12.4. The Morgan fingerprint density at radius 1 is 1.55 bits per heavy atom. The number of H-pyrrole nitrogens is 1. The summed E-state index contributed by atoms with van der Waals surface area (Å²) in [7, 11) is 0. The molecule has 2 aromatic rings. The molecule has 3 heterocycles. The number of rotatable bonds is 3. The normalized spacial score (nSPS) is 22.4. The second-order valence-electron chi connectivity index (χ2n) is 5.35. The number of carbonyl (C=O) groups is 1. The van der Waals surface area contributed by atoms with Gasteiger partial charge in [0.2, 0.25) is 5.91 Å². The zero-order valence-corrected chi connectivity index (χ0v) is 12.4. The molecule has 2 aromatic heterocycles. The predicted octanol–water partition coefficient (Wildman–Crippen LogP) is 0.908. The number of fused-ring (bicyclic) bond motifs is 1. The highest BCUT2D eigenvalue weighted by Crippen LogP contribution is 2.21. The van der Waals surface area contributed by atoms with Crippen LogP contribution in [0.1, 0.15) is 13.3 Å². The van der Waals surface area contributed by atoms with Crippen LogP contribution in [0, 0.1) is 0 Å². The molecule has 116 valence electrons. The number of hydrogen-bond acceptors (Lipinski definition) is 5. The van der Waals surface area contributed by atoms with Crippen LogP contribution in [0.25, 0.3) is 11.0 Å². The molecule has 0 saturated carbocycles. The maximum Gasteiger partial charge on any atom is 0.246 e. The first-order valence-corrected chi connectivity index (χ1v) is 7.33. The van der Waals surface area contributed by atoms with E-state index in [1.165, 1.54) is 6.33 Å². The molecule has 1 amide bonds. The van der Waals surface area contributed by atoms with Crippen LogP contribution in [0.3, 0.4) is 0 Å². The van der Waals surface area contributed by atoms with E-state index in [0.717, 1.165) is 11.0 Å². The number of hydrogen-bond donors (Lipinski definition) is 3. The minimum absolute atomic E-state index is 0.0318. The van der Waals surface area contributed by atoms with Gasteiger partial charge in [0.05, 0.1) is 17.5 Å². The SMILES string of the molecule is C/C=C/C(=O)N1CC[C@@H](O)[C@@H](Nc2ncnc3[nH]ccc23)C1. The van der Waals surface area contributed by atoms with Crippen molar-refractivity contribution in [3.63, 3.8) is 0 Å². The molecule has 0 aromatic carbocycles. The van der Waals surface area contributed by atoms with Crippen molar-refractivity contribution in [2.75, 3.05) is 18.4 Å². The summed E-state index contributed by atoms with van der Waals surface area (Å²) in [4.78, 5) is 25.1. The number of anilines is 1. The van der Waals surface area contributed by atoms with Gasteiger partial charge in [-0.25, -0.2) is 9.97 Å². The molecule has 1 saturated heterocycles. The third-order valence-corrected chi connectivity index (χ3v) is 3.87. The number of aliphatic hydroxyl groups is 1. The number of likely N-dealkylation sites (tertiary alicyclic amines) is 1. The van der Waals surface area contributed by atoms with Crippen LogP contribution < -0.4 is 5.32 Å². The molecule has 0 spiro atoms. The smallest absolute Gasteiger partial charge is 0.246 e. The van der Waals surface area contributed by atoms with Crippen LogP contribution in [0.15, 0.2) is 30.7 Å². The van der Waals surface area contributed by atoms with E-state index in [1.54, 1.807) is 23.2 Å². The van der Waals surface area contributed by atoms with Gasteiger partial charge in [0.25, 0.3) is 0 Å². The van der Waals surface area contributed by atoms with Gasteiger partial charge < -0.3 is 20.3 Å². The molecule has 0 bridgehead atoms. The average Bonchev–Trinajstić information content (AvgIpc) is 2.99. The van der Waals surface area contributed by atoms with E-state index >= 15 is 0 Å². The number of carbonyl (C=O) groups excluding carboxylic acids is 1. The summed E-state index contributed by atoms with van der Waals surface area (Å²) in [6.45, 7) is 2.82. The lowest BCUT2D eigenvalue weighted by molar-refractivity contribution is -0.128. The summed E-state index contributed by atoms with van der Waals surface area (Å²) < 4.78 is 0. The number of amides is 1. The molecule has 0 unspecified atom stereocenters. The monoisotopic (exact) mass is 301 g/mol. The van der Waals surface area contributed by atoms with Crippen LogP contribution in [-0.2, 0) is 4.79 Å². The molecule has 2 atom stereocenters. The number of allylic oxidation sites excluding steroid dienone is 1. The molecular weight excluding hydrogens is 282 g/mol. The molecule has 7 heteroatoms. The number of nitrogens with zero attached hydrogens (tertiary/aromatic N) is 3. The number of aromatic nitrogens is 3. The summed E-state index contributed by atoms with van der Waals surface area (Å²) >= 11 is 0. The Labute approximate surface area is 128 Å². The Hall–Kier alpha value is -2.41. The largest absolute Gasteiger partial charge is 0.391 e. The minimum Gasteiger partial charge on any atom is -0.391 e. The Bertz CT molecular complexity index is 696. The van der Waals surface area contributed by atoms with Crippen LogP contribution in [-0.4, -0.2) is 56.1 Å². The molecule has 3 rings (SSSR count). The summed E-state index contributed by atoms with van der Waals surface area (Å²) in [5.74, 6) is 0.631. The predicted molar refractivity (Wildman–Crippen MR) is 83.3 cm³/mol. The van der Waals surface area contributed by atoms with Crippen molar-refractivity contribution in [3.8, 4) is 0 Å². The standard InChI is InChI=1S/C15H19N5O2/c1-2-3-13(22)20-7-5-12(21)11(8-20)19-15-10-4-6-16-14(10)17-9-18-15/h2-4,6,9,11-12,21H,5,7-8H2,1H3,(H2,16,17,18,19)/b3-2+/t11-,12+/m0/s1. The second-order valence-corrected chi connectivity index (χ2v) is 5.35. The van der Waals surface area contributed by atoms with Crippen molar-refractivity contribution in [3.05, 3.63) is 30.7 Å². The quantitative estimate of drug-likeness (QED) is 0.733. The molecule has 7 nitrogen and oxygen atoms in total. The van der Waals surface area contributed by atoms with Crippen molar-refractivity contribution in [1.29, 1.82) is 0 Å². The Morgan fingerprint density at radius 2 is 2.41 bits per heavy atom. The first-order valence-electron chi connectivity index (χ1n) is 7.33. The van der Waals surface area contributed by atoms with Crippen LogP contribution in [0.4, 0.5) is 5.82 Å². The molecule has 0 aliphatic carbocycles. The second kappa shape index (κ2) is 6.15. The summed E-state index contributed by atoms with van der Waals surface area (Å²) in [5.41, 5.74) is 0.740. The highest BCUT2D eigenvalue weighted by Gasteiger charge is 2.30. The maximum atomic E-state index is 12.0. The van der Waals surface area contributed by atoms with Gasteiger partial charge in [-0.1, -0.05) is 6.08 Å². The Balaban J connectivity index is 1.78. The van der Waals surface area contributed by atoms with Gasteiger partial charge >= 0.3 is 0 Å². The molecule has 3 N–H and O–H groups in total. The lowest BCUT2D eigenvalue weighted by Gasteiger charge is -2.36. The third-order valence-electron chi connectivity index (χ3n) is 3.87. The Morgan fingerprint density at radius 3 is 3.23 bits per heavy atom. The molecule has 22 heavy (non-hydrogen) atoms. The molecule has 1 fully saturated rings. The van der Waals surface area contributed by atoms with Crippen molar-refractivity contribution in [2.24, 2.45) is 0 Å². The van der Waals surface area contributed by atoms with E-state index < -0.39 is 6.10 Å². The highest BCUT2D eigenvalue weighted by atomic mass is 16.3. The van der Waals surface area contributed by atoms with E-state index in [0.29, 0.717) is 25.3 Å². The molecule has 1 aliphatic rings. The first-order chi connectivity index (χ1) is 10.7. The van der Waals surface area contributed by atoms with E-state index in [-0.39, 0.29) is 11.9 Å². The van der Waals surface area contributed by atoms with Crippen molar-refractivity contribution < 1.29 is 9.90 Å². The van der Waals surface area contributed by atoms with Crippen LogP contribution in [0.2, 0.25) is 0 Å². The summed E-state index contributed by atoms with van der Waals surface area (Å²) in [5, 5.41) is 14.3. The Kier molecular flexibility index (Phi) is 4.06. The van der Waals surface area contributed by atoms with Crippen molar-refractivity contribution in [1.82, 2.24) is 19.9 Å². The van der Waals surface area contributed by atoms with Crippen molar-refractivity contribution in [2.45, 2.75) is 25.5 Å². The van der Waals surface area contributed by atoms with E-state index in [4.69, 9.17) is 0 Å². The fourth-order valence-electron chi connectivity index (χ4n) is 2.69. The lowest BCUT2D eigenvalue weighted by Crippen LogP contribution is -2.52. The number of piperidine rings is 1. The first kappa shape index (κ1) is 14.5. The highest BCUT2D eigenvalue weighted by molar-refractivity contribution is 5.88. The maximum absolute atomic E-state index is 12.0. The third kappa shape index (κ3) is 2.80. The fourth-order valence-corrected chi connectivity index (χ4v) is 2.69. The van der Waals surface area contributed by atoms with Gasteiger partial charge in [0, 0.05) is 19.3 Å². The summed E-state index contributed by atoms with van der Waals surface area (Å²) in [6, 6.07) is 1.63. The lowest BCUT2D eigenvalue weighted by atomic mass is 10.0.